The Hall–Kier alpha value is -1.13. The van der Waals surface area contributed by atoms with E-state index in [1.807, 2.05) is 0 Å². The van der Waals surface area contributed by atoms with Gasteiger partial charge in [-0.3, -0.25) is 0 Å². The summed E-state index contributed by atoms with van der Waals surface area (Å²) in [7, 11) is 0. The first-order valence-corrected chi connectivity index (χ1v) is 5.05. The molecule has 0 saturated heterocycles. The Morgan fingerprint density at radius 1 is 1.10 bits per heavy atom. The van der Waals surface area contributed by atoms with Gasteiger partial charge in [0.15, 0.2) is 0 Å². The number of hydrogen-bond acceptors (Lipinski definition) is 3. The van der Waals surface area contributed by atoms with Gasteiger partial charge in [0, 0.05) is 0 Å². The highest BCUT2D eigenvalue weighted by molar-refractivity contribution is 5.70. The third-order valence-corrected chi connectivity index (χ3v) is 1.96. The van der Waals surface area contributed by atoms with Gasteiger partial charge in [0.1, 0.15) is 13.2 Å². The summed E-state index contributed by atoms with van der Waals surface area (Å²) in [5, 5.41) is 0. The number of ether oxygens (including phenoxy) is 2. The maximum Gasteiger partial charge on any atom is 0.380 e. The van der Waals surface area contributed by atoms with Gasteiger partial charge < -0.3 is 9.47 Å². The van der Waals surface area contributed by atoms with Gasteiger partial charge in [0.25, 0.3) is 0 Å². The van der Waals surface area contributed by atoms with Crippen molar-refractivity contribution < 1.29 is 49.4 Å². The summed E-state index contributed by atoms with van der Waals surface area (Å²) < 4.78 is 107. The molecule has 20 heavy (non-hydrogen) atoms. The Labute approximate surface area is 107 Å². The molecular weight excluding hydrogens is 308 g/mol. The molecule has 0 rings (SSSR count). The number of alkyl halides is 8. The van der Waals surface area contributed by atoms with Crippen molar-refractivity contribution in [3.63, 3.8) is 0 Å². The SMILES string of the molecule is CCOC(=O)COCC(F)(F)C(F)(F)C(F)(F)C(F)F. The maximum atomic E-state index is 12.9. The zero-order valence-electron chi connectivity index (χ0n) is 9.95. The second-order valence-electron chi connectivity index (χ2n) is 3.50. The van der Waals surface area contributed by atoms with Crippen molar-refractivity contribution in [3.8, 4) is 0 Å². The van der Waals surface area contributed by atoms with Crippen LogP contribution >= 0.6 is 0 Å². The zero-order valence-corrected chi connectivity index (χ0v) is 9.95. The molecule has 0 aliphatic carbocycles. The summed E-state index contributed by atoms with van der Waals surface area (Å²) >= 11 is 0. The highest BCUT2D eigenvalue weighted by Crippen LogP contribution is 2.48. The molecule has 0 amide bonds. The summed E-state index contributed by atoms with van der Waals surface area (Å²) in [6, 6.07) is 0. The van der Waals surface area contributed by atoms with E-state index in [2.05, 4.69) is 9.47 Å². The molecule has 120 valence electrons. The summed E-state index contributed by atoms with van der Waals surface area (Å²) in [6.07, 6.45) is -4.99. The molecule has 0 atom stereocenters. The number of hydrogen-bond donors (Lipinski definition) is 0. The summed E-state index contributed by atoms with van der Waals surface area (Å²) in [4.78, 5) is 10.6. The van der Waals surface area contributed by atoms with Crippen LogP contribution in [-0.2, 0) is 14.3 Å². The van der Waals surface area contributed by atoms with Crippen LogP contribution in [0.15, 0.2) is 0 Å². The number of rotatable bonds is 8. The van der Waals surface area contributed by atoms with Crippen LogP contribution < -0.4 is 0 Å². The van der Waals surface area contributed by atoms with Crippen LogP contribution in [0.2, 0.25) is 0 Å². The van der Waals surface area contributed by atoms with Crippen molar-refractivity contribution in [2.45, 2.75) is 31.1 Å². The molecule has 11 heteroatoms. The molecule has 3 nitrogen and oxygen atoms in total. The fourth-order valence-corrected chi connectivity index (χ4v) is 0.937. The van der Waals surface area contributed by atoms with Crippen molar-refractivity contribution in [1.29, 1.82) is 0 Å². The molecule has 0 aromatic rings. The van der Waals surface area contributed by atoms with E-state index in [0.717, 1.165) is 0 Å². The van der Waals surface area contributed by atoms with Crippen LogP contribution in [0.4, 0.5) is 35.1 Å². The van der Waals surface area contributed by atoms with Crippen LogP contribution in [0.25, 0.3) is 0 Å². The summed E-state index contributed by atoms with van der Waals surface area (Å²) in [5.74, 6) is -19.4. The molecule has 0 saturated carbocycles. The van der Waals surface area contributed by atoms with E-state index in [1.165, 1.54) is 6.92 Å². The Kier molecular flexibility index (Phi) is 6.18. The highest BCUT2D eigenvalue weighted by Gasteiger charge is 2.75. The van der Waals surface area contributed by atoms with E-state index in [-0.39, 0.29) is 6.61 Å². The zero-order chi connectivity index (χ0) is 16.2. The van der Waals surface area contributed by atoms with Gasteiger partial charge in [-0.1, -0.05) is 0 Å². The van der Waals surface area contributed by atoms with Gasteiger partial charge in [-0.25, -0.2) is 13.6 Å². The lowest BCUT2D eigenvalue weighted by Crippen LogP contribution is -2.59. The molecule has 0 aromatic heterocycles. The molecule has 0 aliphatic rings. The minimum Gasteiger partial charge on any atom is -0.464 e. The molecule has 0 heterocycles. The number of halogens is 8. The second-order valence-corrected chi connectivity index (χ2v) is 3.50. The van der Waals surface area contributed by atoms with Crippen LogP contribution in [0.3, 0.4) is 0 Å². The first-order chi connectivity index (χ1) is 8.90. The molecular formula is C9H10F8O3. The largest absolute Gasteiger partial charge is 0.464 e. The first-order valence-electron chi connectivity index (χ1n) is 5.05. The third-order valence-electron chi connectivity index (χ3n) is 1.96. The maximum absolute atomic E-state index is 12.9. The van der Waals surface area contributed by atoms with E-state index in [4.69, 9.17) is 0 Å². The van der Waals surface area contributed by atoms with Gasteiger partial charge >= 0.3 is 30.2 Å². The van der Waals surface area contributed by atoms with Crippen LogP contribution in [0.5, 0.6) is 0 Å². The average molecular weight is 318 g/mol. The minimum absolute atomic E-state index is 0.155. The normalized spacial score (nSPS) is 13.7. The van der Waals surface area contributed by atoms with Crippen LogP contribution in [-0.4, -0.2) is 50.0 Å². The Balaban J connectivity index is 4.74. The summed E-state index contributed by atoms with van der Waals surface area (Å²) in [5.41, 5.74) is 0. The third kappa shape index (κ3) is 3.93. The minimum atomic E-state index is -6.34. The van der Waals surface area contributed by atoms with Gasteiger partial charge in [-0.05, 0) is 6.92 Å². The van der Waals surface area contributed by atoms with Gasteiger partial charge in [-0.2, -0.15) is 26.3 Å². The van der Waals surface area contributed by atoms with Crippen LogP contribution in [0, 0.1) is 0 Å². The second kappa shape index (κ2) is 6.55. The van der Waals surface area contributed by atoms with Gasteiger partial charge in [-0.15, -0.1) is 0 Å². The molecule has 0 fully saturated rings. The molecule has 0 bridgehead atoms. The van der Waals surface area contributed by atoms with Gasteiger partial charge in [0.2, 0.25) is 0 Å². The monoisotopic (exact) mass is 318 g/mol. The van der Waals surface area contributed by atoms with Crippen molar-refractivity contribution in [2.24, 2.45) is 0 Å². The standard InChI is InChI=1S/C9H10F8O3/c1-2-20-5(18)3-19-4-7(12,13)9(16,17)8(14,15)6(10)11/h6H,2-4H2,1H3. The smallest absolute Gasteiger partial charge is 0.380 e. The van der Waals surface area contributed by atoms with E-state index >= 15 is 0 Å². The topological polar surface area (TPSA) is 35.5 Å². The predicted molar refractivity (Wildman–Crippen MR) is 48.3 cm³/mol. The summed E-state index contributed by atoms with van der Waals surface area (Å²) in [6.45, 7) is -2.36. The lowest BCUT2D eigenvalue weighted by molar-refractivity contribution is -0.345. The van der Waals surface area contributed by atoms with E-state index in [9.17, 15) is 39.9 Å². The Morgan fingerprint density at radius 3 is 2.00 bits per heavy atom. The number of carbonyl (C=O) groups excluding carboxylic acids is 1. The lowest BCUT2D eigenvalue weighted by atomic mass is 10.1. The van der Waals surface area contributed by atoms with Crippen molar-refractivity contribution in [3.05, 3.63) is 0 Å². The van der Waals surface area contributed by atoms with E-state index < -0.39 is 43.4 Å². The lowest BCUT2D eigenvalue weighted by Gasteiger charge is -2.31. The fraction of sp³-hybridized carbons (Fsp3) is 0.889. The fourth-order valence-electron chi connectivity index (χ4n) is 0.937. The van der Waals surface area contributed by atoms with Crippen molar-refractivity contribution in [2.75, 3.05) is 19.8 Å². The number of carbonyl (C=O) groups is 1. The quantitative estimate of drug-likeness (QED) is 0.510. The molecule has 0 unspecified atom stereocenters. The number of esters is 1. The average Bonchev–Trinajstić information content (AvgIpc) is 2.28. The predicted octanol–water partition coefficient (Wildman–Crippen LogP) is 2.74. The van der Waals surface area contributed by atoms with E-state index in [1.54, 1.807) is 0 Å². The van der Waals surface area contributed by atoms with Crippen molar-refractivity contribution >= 4 is 5.97 Å². The molecule has 0 N–H and O–H groups in total. The molecule has 0 spiro atoms. The Bertz CT molecular complexity index is 331. The molecule has 0 aliphatic heterocycles. The molecule has 0 aromatic carbocycles. The first kappa shape index (κ1) is 18.9. The van der Waals surface area contributed by atoms with Gasteiger partial charge in [0.05, 0.1) is 6.61 Å². The highest BCUT2D eigenvalue weighted by atomic mass is 19.4. The molecule has 0 radical (unpaired) electrons. The van der Waals surface area contributed by atoms with Crippen molar-refractivity contribution in [1.82, 2.24) is 0 Å². The van der Waals surface area contributed by atoms with E-state index in [0.29, 0.717) is 0 Å². The van der Waals surface area contributed by atoms with Crippen LogP contribution in [0.1, 0.15) is 6.92 Å². The Morgan fingerprint density at radius 2 is 1.60 bits per heavy atom.